The lowest BCUT2D eigenvalue weighted by Gasteiger charge is -2.17. The van der Waals surface area contributed by atoms with Crippen LogP contribution in [0.2, 0.25) is 0 Å². The van der Waals surface area contributed by atoms with Crippen molar-refractivity contribution in [2.75, 3.05) is 6.61 Å². The number of carbonyl (C=O) groups excluding carboxylic acids is 1. The van der Waals surface area contributed by atoms with Gasteiger partial charge in [-0.15, -0.1) is 11.3 Å². The molecule has 5 nitrogen and oxygen atoms in total. The first-order chi connectivity index (χ1) is 9.15. The summed E-state index contributed by atoms with van der Waals surface area (Å²) in [6, 6.07) is 3.23. The van der Waals surface area contributed by atoms with E-state index in [0.717, 1.165) is 17.7 Å². The number of rotatable bonds is 6. The van der Waals surface area contributed by atoms with E-state index < -0.39 is 12.0 Å². The minimum atomic E-state index is -0.921. The van der Waals surface area contributed by atoms with Crippen molar-refractivity contribution in [1.29, 1.82) is 0 Å². The summed E-state index contributed by atoms with van der Waals surface area (Å²) in [4.78, 5) is 23.6. The number of thiophene rings is 1. The van der Waals surface area contributed by atoms with Gasteiger partial charge in [0.1, 0.15) is 0 Å². The summed E-state index contributed by atoms with van der Waals surface area (Å²) >= 11 is 1.45. The highest BCUT2D eigenvalue weighted by molar-refractivity contribution is 7.10. The first-order valence-corrected chi connectivity index (χ1v) is 7.19. The van der Waals surface area contributed by atoms with E-state index in [-0.39, 0.29) is 18.4 Å². The van der Waals surface area contributed by atoms with Gasteiger partial charge in [-0.3, -0.25) is 9.59 Å². The number of nitrogens with one attached hydrogen (secondary N) is 1. The van der Waals surface area contributed by atoms with Gasteiger partial charge in [-0.05, 0) is 24.3 Å². The molecular formula is C13H17NO4S. The largest absolute Gasteiger partial charge is 0.481 e. The highest BCUT2D eigenvalue weighted by Gasteiger charge is 2.23. The van der Waals surface area contributed by atoms with E-state index in [0.29, 0.717) is 13.0 Å². The van der Waals surface area contributed by atoms with Gasteiger partial charge in [0.2, 0.25) is 5.91 Å². The topological polar surface area (TPSA) is 75.6 Å². The van der Waals surface area contributed by atoms with Crippen LogP contribution < -0.4 is 5.32 Å². The summed E-state index contributed by atoms with van der Waals surface area (Å²) in [5.74, 6) is -1.07. The molecule has 2 atom stereocenters. The Morgan fingerprint density at radius 2 is 2.42 bits per heavy atom. The number of carboxylic acids is 1. The van der Waals surface area contributed by atoms with Crippen LogP contribution in [0.3, 0.4) is 0 Å². The zero-order chi connectivity index (χ0) is 13.7. The summed E-state index contributed by atoms with van der Waals surface area (Å²) < 4.78 is 5.40. The van der Waals surface area contributed by atoms with Crippen molar-refractivity contribution >= 4 is 23.2 Å². The van der Waals surface area contributed by atoms with E-state index in [1.165, 1.54) is 11.3 Å². The Bertz CT molecular complexity index is 426. The fraction of sp³-hybridized carbons (Fsp3) is 0.538. The number of amides is 1. The Morgan fingerprint density at radius 3 is 3.00 bits per heavy atom. The van der Waals surface area contributed by atoms with Gasteiger partial charge in [-0.1, -0.05) is 6.07 Å². The van der Waals surface area contributed by atoms with Crippen molar-refractivity contribution in [3.05, 3.63) is 22.4 Å². The Kier molecular flexibility index (Phi) is 4.93. The molecular weight excluding hydrogens is 266 g/mol. The molecule has 1 aliphatic rings. The fourth-order valence-corrected chi connectivity index (χ4v) is 2.93. The number of carbonyl (C=O) groups is 2. The van der Waals surface area contributed by atoms with Crippen LogP contribution in [0, 0.1) is 0 Å². The van der Waals surface area contributed by atoms with Crippen molar-refractivity contribution in [3.63, 3.8) is 0 Å². The Balaban J connectivity index is 1.91. The maximum absolute atomic E-state index is 11.9. The second-order valence-corrected chi connectivity index (χ2v) is 5.55. The third-order valence-electron chi connectivity index (χ3n) is 3.04. The molecule has 0 bridgehead atoms. The third-order valence-corrected chi connectivity index (χ3v) is 4.02. The molecule has 0 saturated carbocycles. The van der Waals surface area contributed by atoms with E-state index in [9.17, 15) is 9.59 Å². The molecule has 104 valence electrons. The van der Waals surface area contributed by atoms with Crippen LogP contribution in [-0.4, -0.2) is 29.7 Å². The van der Waals surface area contributed by atoms with Crippen LogP contribution >= 0.6 is 11.3 Å². The molecule has 1 saturated heterocycles. The van der Waals surface area contributed by atoms with E-state index in [4.69, 9.17) is 9.84 Å². The van der Waals surface area contributed by atoms with E-state index in [1.54, 1.807) is 0 Å². The molecule has 2 rings (SSSR count). The molecule has 6 heteroatoms. The van der Waals surface area contributed by atoms with Crippen molar-refractivity contribution < 1.29 is 19.4 Å². The first kappa shape index (κ1) is 14.0. The molecule has 1 amide bonds. The van der Waals surface area contributed by atoms with Gasteiger partial charge >= 0.3 is 5.97 Å². The van der Waals surface area contributed by atoms with Crippen molar-refractivity contribution in [2.45, 2.75) is 37.8 Å². The van der Waals surface area contributed by atoms with Gasteiger partial charge in [0.25, 0.3) is 0 Å². The summed E-state index contributed by atoms with van der Waals surface area (Å²) in [5.41, 5.74) is 0. The number of ether oxygens (including phenoxy) is 1. The Morgan fingerprint density at radius 1 is 1.58 bits per heavy atom. The average molecular weight is 283 g/mol. The molecule has 1 aliphatic heterocycles. The van der Waals surface area contributed by atoms with Crippen LogP contribution in [-0.2, 0) is 14.3 Å². The molecule has 2 N–H and O–H groups in total. The summed E-state index contributed by atoms with van der Waals surface area (Å²) in [5, 5.41) is 13.6. The van der Waals surface area contributed by atoms with Gasteiger partial charge in [0.05, 0.1) is 25.0 Å². The SMILES string of the molecule is O=C(O)CC(NC(=O)CC1CCCO1)c1cccs1. The van der Waals surface area contributed by atoms with Crippen LogP contribution in [0.1, 0.15) is 36.6 Å². The second kappa shape index (κ2) is 6.68. The predicted octanol–water partition coefficient (Wildman–Crippen LogP) is 1.95. The third kappa shape index (κ3) is 4.33. The number of aliphatic carboxylic acids is 1. The lowest BCUT2D eigenvalue weighted by Crippen LogP contribution is -2.32. The van der Waals surface area contributed by atoms with Crippen LogP contribution in [0.25, 0.3) is 0 Å². The average Bonchev–Trinajstić information content (AvgIpc) is 2.99. The molecule has 1 aromatic heterocycles. The maximum Gasteiger partial charge on any atom is 0.305 e. The van der Waals surface area contributed by atoms with Crippen molar-refractivity contribution in [2.24, 2.45) is 0 Å². The van der Waals surface area contributed by atoms with Gasteiger partial charge in [0, 0.05) is 11.5 Å². The maximum atomic E-state index is 11.9. The molecule has 1 aromatic rings. The number of hydrogen-bond donors (Lipinski definition) is 2. The van der Waals surface area contributed by atoms with E-state index >= 15 is 0 Å². The predicted molar refractivity (Wildman–Crippen MR) is 71.0 cm³/mol. The lowest BCUT2D eigenvalue weighted by molar-refractivity contribution is -0.137. The Hall–Kier alpha value is -1.40. The smallest absolute Gasteiger partial charge is 0.305 e. The number of carboxylic acid groups (broad SMARTS) is 1. The standard InChI is InChI=1S/C13H17NO4S/c15-12(7-9-3-1-5-18-9)14-10(8-13(16)17)11-4-2-6-19-11/h2,4,6,9-10H,1,3,5,7-8H2,(H,14,15)(H,16,17). The summed E-state index contributed by atoms with van der Waals surface area (Å²) in [6.45, 7) is 0.710. The monoisotopic (exact) mass is 283 g/mol. The van der Waals surface area contributed by atoms with Crippen molar-refractivity contribution in [3.8, 4) is 0 Å². The number of hydrogen-bond acceptors (Lipinski definition) is 4. The molecule has 19 heavy (non-hydrogen) atoms. The van der Waals surface area contributed by atoms with Crippen LogP contribution in [0.4, 0.5) is 0 Å². The minimum absolute atomic E-state index is 0.0196. The highest BCUT2D eigenvalue weighted by atomic mass is 32.1. The quantitative estimate of drug-likeness (QED) is 0.836. The van der Waals surface area contributed by atoms with Crippen LogP contribution in [0.5, 0.6) is 0 Å². The first-order valence-electron chi connectivity index (χ1n) is 6.31. The molecule has 0 radical (unpaired) electrons. The van der Waals surface area contributed by atoms with E-state index in [1.807, 2.05) is 17.5 Å². The molecule has 0 aliphatic carbocycles. The summed E-state index contributed by atoms with van der Waals surface area (Å²) in [7, 11) is 0. The van der Waals surface area contributed by atoms with Gasteiger partial charge in [-0.2, -0.15) is 0 Å². The van der Waals surface area contributed by atoms with Crippen molar-refractivity contribution in [1.82, 2.24) is 5.32 Å². The summed E-state index contributed by atoms with van der Waals surface area (Å²) in [6.07, 6.45) is 2.07. The van der Waals surface area contributed by atoms with Gasteiger partial charge in [0.15, 0.2) is 0 Å². The van der Waals surface area contributed by atoms with E-state index in [2.05, 4.69) is 5.32 Å². The molecule has 1 fully saturated rings. The highest BCUT2D eigenvalue weighted by Crippen LogP contribution is 2.23. The normalized spacial score (nSPS) is 20.1. The molecule has 0 aromatic carbocycles. The molecule has 2 heterocycles. The van der Waals surface area contributed by atoms with Crippen LogP contribution in [0.15, 0.2) is 17.5 Å². The molecule has 2 unspecified atom stereocenters. The fourth-order valence-electron chi connectivity index (χ4n) is 2.15. The lowest BCUT2D eigenvalue weighted by atomic mass is 10.1. The second-order valence-electron chi connectivity index (χ2n) is 4.57. The van der Waals surface area contributed by atoms with Gasteiger partial charge in [-0.25, -0.2) is 0 Å². The Labute approximate surface area is 115 Å². The minimum Gasteiger partial charge on any atom is -0.481 e. The zero-order valence-corrected chi connectivity index (χ0v) is 11.3. The molecule has 0 spiro atoms. The van der Waals surface area contributed by atoms with Gasteiger partial charge < -0.3 is 15.2 Å². The zero-order valence-electron chi connectivity index (χ0n) is 10.5.